The van der Waals surface area contributed by atoms with E-state index in [9.17, 15) is 0 Å². The monoisotopic (exact) mass is 281 g/mol. The molecule has 1 aliphatic heterocycles. The van der Waals surface area contributed by atoms with Crippen LogP contribution in [-0.2, 0) is 16.1 Å². The van der Waals surface area contributed by atoms with Crippen molar-refractivity contribution in [1.82, 2.24) is 14.9 Å². The van der Waals surface area contributed by atoms with Gasteiger partial charge in [-0.2, -0.15) is 0 Å². The number of hydrogen-bond acceptors (Lipinski definition) is 7. The molecule has 2 heterocycles. The molecule has 0 saturated carbocycles. The van der Waals surface area contributed by atoms with Gasteiger partial charge in [0.05, 0.1) is 13.2 Å². The Morgan fingerprint density at radius 3 is 2.95 bits per heavy atom. The van der Waals surface area contributed by atoms with Crippen molar-refractivity contribution in [2.24, 2.45) is 0 Å². The average Bonchev–Trinajstić information content (AvgIpc) is 2.45. The summed E-state index contributed by atoms with van der Waals surface area (Å²) in [4.78, 5) is 10.9. The minimum atomic E-state index is 0.369. The van der Waals surface area contributed by atoms with Gasteiger partial charge < -0.3 is 20.5 Å². The highest BCUT2D eigenvalue weighted by molar-refractivity contribution is 5.44. The molecule has 1 saturated heterocycles. The minimum absolute atomic E-state index is 0.369. The van der Waals surface area contributed by atoms with Crippen molar-refractivity contribution in [3.8, 4) is 0 Å². The first kappa shape index (κ1) is 15.0. The number of rotatable bonds is 7. The van der Waals surface area contributed by atoms with Crippen LogP contribution in [0.25, 0.3) is 0 Å². The van der Waals surface area contributed by atoms with E-state index in [1.165, 1.54) is 0 Å². The molecule has 0 amide bonds. The molecule has 0 radical (unpaired) electrons. The maximum Gasteiger partial charge on any atom is 0.158 e. The molecule has 7 nitrogen and oxygen atoms in total. The second kappa shape index (κ2) is 7.98. The van der Waals surface area contributed by atoms with Gasteiger partial charge >= 0.3 is 0 Å². The van der Waals surface area contributed by atoms with Gasteiger partial charge in [0, 0.05) is 32.8 Å². The summed E-state index contributed by atoms with van der Waals surface area (Å²) in [6.07, 6.45) is 1.06. The Kier molecular flexibility index (Phi) is 5.97. The molecular weight excluding hydrogens is 258 g/mol. The standard InChI is InChI=1S/C13H23N5O2/c1-19-10-13-16-11(14)9-12(17-13)15-3-2-4-18-5-7-20-8-6-18/h9H,2-8,10H2,1H3,(H3,14,15,16,17). The number of hydrogen-bond donors (Lipinski definition) is 2. The molecule has 3 N–H and O–H groups in total. The van der Waals surface area contributed by atoms with Crippen LogP contribution in [-0.4, -0.2) is 61.4 Å². The van der Waals surface area contributed by atoms with Gasteiger partial charge in [-0.05, 0) is 13.0 Å². The largest absolute Gasteiger partial charge is 0.384 e. The van der Waals surface area contributed by atoms with E-state index in [1.54, 1.807) is 13.2 Å². The van der Waals surface area contributed by atoms with Crippen molar-refractivity contribution < 1.29 is 9.47 Å². The fourth-order valence-corrected chi connectivity index (χ4v) is 2.15. The molecule has 112 valence electrons. The van der Waals surface area contributed by atoms with Crippen LogP contribution in [0, 0.1) is 0 Å². The van der Waals surface area contributed by atoms with Crippen LogP contribution in [0.5, 0.6) is 0 Å². The summed E-state index contributed by atoms with van der Waals surface area (Å²) < 4.78 is 10.3. The van der Waals surface area contributed by atoms with Gasteiger partial charge in [-0.3, -0.25) is 4.90 Å². The second-order valence-electron chi connectivity index (χ2n) is 4.76. The van der Waals surface area contributed by atoms with E-state index in [1.807, 2.05) is 0 Å². The third-order valence-electron chi connectivity index (χ3n) is 3.13. The predicted molar refractivity (Wildman–Crippen MR) is 77.5 cm³/mol. The van der Waals surface area contributed by atoms with Crippen LogP contribution >= 0.6 is 0 Å². The lowest BCUT2D eigenvalue weighted by Crippen LogP contribution is -2.37. The van der Waals surface area contributed by atoms with E-state index in [2.05, 4.69) is 20.2 Å². The molecule has 0 spiro atoms. The normalized spacial score (nSPS) is 16.2. The number of methoxy groups -OCH3 is 1. The van der Waals surface area contributed by atoms with Crippen LogP contribution in [0.15, 0.2) is 6.07 Å². The Morgan fingerprint density at radius 1 is 1.40 bits per heavy atom. The molecule has 1 aromatic rings. The minimum Gasteiger partial charge on any atom is -0.384 e. The molecule has 1 aromatic heterocycles. The summed E-state index contributed by atoms with van der Waals surface area (Å²) in [6.45, 7) is 6.04. The van der Waals surface area contributed by atoms with E-state index in [-0.39, 0.29) is 0 Å². The number of aromatic nitrogens is 2. The van der Waals surface area contributed by atoms with E-state index < -0.39 is 0 Å². The van der Waals surface area contributed by atoms with Crippen molar-refractivity contribution in [2.45, 2.75) is 13.0 Å². The summed E-state index contributed by atoms with van der Waals surface area (Å²) in [5.74, 6) is 1.82. The van der Waals surface area contributed by atoms with Gasteiger partial charge in [0.15, 0.2) is 5.82 Å². The smallest absolute Gasteiger partial charge is 0.158 e. The second-order valence-corrected chi connectivity index (χ2v) is 4.76. The van der Waals surface area contributed by atoms with Crippen molar-refractivity contribution >= 4 is 11.6 Å². The van der Waals surface area contributed by atoms with E-state index >= 15 is 0 Å². The first-order valence-corrected chi connectivity index (χ1v) is 6.94. The highest BCUT2D eigenvalue weighted by atomic mass is 16.5. The van der Waals surface area contributed by atoms with E-state index in [0.717, 1.165) is 51.6 Å². The number of ether oxygens (including phenoxy) is 2. The summed E-state index contributed by atoms with van der Waals surface area (Å²) in [7, 11) is 1.61. The van der Waals surface area contributed by atoms with Crippen molar-refractivity contribution in [2.75, 3.05) is 57.6 Å². The Labute approximate surface area is 119 Å². The van der Waals surface area contributed by atoms with Crippen LogP contribution in [0.1, 0.15) is 12.2 Å². The topological polar surface area (TPSA) is 85.5 Å². The van der Waals surface area contributed by atoms with Gasteiger partial charge in [-0.15, -0.1) is 0 Å². The lowest BCUT2D eigenvalue weighted by atomic mass is 10.3. The fraction of sp³-hybridized carbons (Fsp3) is 0.692. The number of morpholine rings is 1. The molecule has 0 bridgehead atoms. The summed E-state index contributed by atoms with van der Waals surface area (Å²) in [5, 5.41) is 3.28. The SMILES string of the molecule is COCc1nc(N)cc(NCCCN2CCOCC2)n1. The zero-order valence-electron chi connectivity index (χ0n) is 12.0. The summed E-state index contributed by atoms with van der Waals surface area (Å²) >= 11 is 0. The molecule has 7 heteroatoms. The van der Waals surface area contributed by atoms with Crippen LogP contribution in [0.2, 0.25) is 0 Å². The predicted octanol–water partition coefficient (Wildman–Crippen LogP) is 0.339. The number of anilines is 2. The summed E-state index contributed by atoms with van der Waals surface area (Å²) in [6, 6.07) is 1.74. The zero-order valence-corrected chi connectivity index (χ0v) is 12.0. The molecule has 0 unspecified atom stereocenters. The first-order valence-electron chi connectivity index (χ1n) is 6.94. The third kappa shape index (κ3) is 4.92. The van der Waals surface area contributed by atoms with E-state index in [4.69, 9.17) is 15.2 Å². The Morgan fingerprint density at radius 2 is 2.20 bits per heavy atom. The molecule has 0 aromatic carbocycles. The molecule has 2 rings (SSSR count). The molecule has 1 fully saturated rings. The lowest BCUT2D eigenvalue weighted by molar-refractivity contribution is 0.0378. The quantitative estimate of drug-likeness (QED) is 0.697. The zero-order chi connectivity index (χ0) is 14.2. The van der Waals surface area contributed by atoms with E-state index in [0.29, 0.717) is 18.2 Å². The molecule has 20 heavy (non-hydrogen) atoms. The maximum absolute atomic E-state index is 5.74. The van der Waals surface area contributed by atoms with Gasteiger partial charge in [-0.1, -0.05) is 0 Å². The van der Waals surface area contributed by atoms with Gasteiger partial charge in [0.2, 0.25) is 0 Å². The van der Waals surface area contributed by atoms with Crippen molar-refractivity contribution in [1.29, 1.82) is 0 Å². The van der Waals surface area contributed by atoms with Crippen LogP contribution in [0.3, 0.4) is 0 Å². The molecule has 1 aliphatic rings. The van der Waals surface area contributed by atoms with Gasteiger partial charge in [-0.25, -0.2) is 9.97 Å². The van der Waals surface area contributed by atoms with Gasteiger partial charge in [0.1, 0.15) is 18.2 Å². The number of nitrogens with zero attached hydrogens (tertiary/aromatic N) is 3. The highest BCUT2D eigenvalue weighted by Crippen LogP contribution is 2.09. The molecular formula is C13H23N5O2. The number of nitrogens with two attached hydrogens (primary N) is 1. The highest BCUT2D eigenvalue weighted by Gasteiger charge is 2.09. The summed E-state index contributed by atoms with van der Waals surface area (Å²) in [5.41, 5.74) is 5.74. The third-order valence-corrected chi connectivity index (χ3v) is 3.13. The number of nitrogens with one attached hydrogen (secondary N) is 1. The fourth-order valence-electron chi connectivity index (χ4n) is 2.15. The Hall–Kier alpha value is -1.44. The number of nitrogen functional groups attached to an aromatic ring is 1. The molecule has 0 aliphatic carbocycles. The molecule has 0 atom stereocenters. The van der Waals surface area contributed by atoms with Crippen molar-refractivity contribution in [3.63, 3.8) is 0 Å². The van der Waals surface area contributed by atoms with Crippen LogP contribution in [0.4, 0.5) is 11.6 Å². The van der Waals surface area contributed by atoms with Crippen molar-refractivity contribution in [3.05, 3.63) is 11.9 Å². The Balaban J connectivity index is 1.72. The van der Waals surface area contributed by atoms with Crippen LogP contribution < -0.4 is 11.1 Å². The lowest BCUT2D eigenvalue weighted by Gasteiger charge is -2.26. The van der Waals surface area contributed by atoms with Gasteiger partial charge in [0.25, 0.3) is 0 Å². The Bertz CT molecular complexity index is 410. The average molecular weight is 281 g/mol. The first-order chi connectivity index (χ1) is 9.78. The maximum atomic E-state index is 5.74.